The average Bonchev–Trinajstić information content (AvgIpc) is 2.71. The van der Waals surface area contributed by atoms with Crippen LogP contribution in [0.3, 0.4) is 0 Å². The van der Waals surface area contributed by atoms with Gasteiger partial charge < -0.3 is 9.64 Å². The lowest BCUT2D eigenvalue weighted by Gasteiger charge is -2.24. The van der Waals surface area contributed by atoms with Crippen LogP contribution in [0.1, 0.15) is 31.0 Å². The highest BCUT2D eigenvalue weighted by molar-refractivity contribution is 5.95. The van der Waals surface area contributed by atoms with E-state index in [1.165, 1.54) is 11.1 Å². The fourth-order valence-electron chi connectivity index (χ4n) is 2.28. The molecule has 0 spiro atoms. The molecular weight excluding hydrogens is 254 g/mol. The number of carbonyl (C=O) groups is 1. The van der Waals surface area contributed by atoms with Crippen molar-refractivity contribution in [3.8, 4) is 0 Å². The van der Waals surface area contributed by atoms with Crippen LogP contribution in [0.25, 0.3) is 0 Å². The molecule has 1 amide bonds. The first kappa shape index (κ1) is 14.4. The van der Waals surface area contributed by atoms with Gasteiger partial charge in [-0.05, 0) is 31.9 Å². The number of amides is 1. The van der Waals surface area contributed by atoms with Crippen molar-refractivity contribution in [2.75, 3.05) is 13.6 Å². The van der Waals surface area contributed by atoms with Crippen molar-refractivity contribution in [3.63, 3.8) is 0 Å². The van der Waals surface area contributed by atoms with Crippen molar-refractivity contribution in [3.05, 3.63) is 35.4 Å². The Morgan fingerprint density at radius 1 is 1.45 bits per heavy atom. The first-order chi connectivity index (χ1) is 9.49. The number of benzene rings is 1. The third kappa shape index (κ3) is 3.10. The molecule has 5 heteroatoms. The topological polar surface area (TPSA) is 53.9 Å². The number of guanidine groups is 1. The number of carbonyl (C=O) groups excluding carboxylic acids is 1. The molecule has 20 heavy (non-hydrogen) atoms. The van der Waals surface area contributed by atoms with E-state index < -0.39 is 6.09 Å². The molecule has 1 aromatic carbocycles. The number of alkyl carbamates (subject to hydrolysis) is 1. The minimum Gasteiger partial charge on any atom is -0.447 e. The molecule has 0 saturated heterocycles. The molecule has 1 N–H and O–H groups in total. The lowest BCUT2D eigenvalue weighted by Crippen LogP contribution is -2.41. The first-order valence-electron chi connectivity index (χ1n) is 6.79. The molecule has 1 heterocycles. The molecule has 5 nitrogen and oxygen atoms in total. The quantitative estimate of drug-likeness (QED) is 0.902. The van der Waals surface area contributed by atoms with Gasteiger partial charge in [-0.15, -0.1) is 0 Å². The van der Waals surface area contributed by atoms with Crippen molar-refractivity contribution in [1.82, 2.24) is 10.2 Å². The van der Waals surface area contributed by atoms with Gasteiger partial charge in [0.1, 0.15) is 0 Å². The number of likely N-dealkylation sites (N-methyl/N-ethyl adjacent to an activating group) is 1. The van der Waals surface area contributed by atoms with Gasteiger partial charge in [-0.3, -0.25) is 10.3 Å². The third-order valence-corrected chi connectivity index (χ3v) is 3.32. The molecular formula is C15H21N3O2. The van der Waals surface area contributed by atoms with Gasteiger partial charge in [0.15, 0.2) is 0 Å². The maximum absolute atomic E-state index is 11.6. The number of hydrogen-bond donors (Lipinski definition) is 1. The standard InChI is InChI=1S/C15H21N3O2/c1-10(2)20-15(19)17-14-16-9-13(18(14)4)12-8-6-5-7-11(12)3/h5-8,10,13H,9H2,1-4H3,(H,16,17,19). The Labute approximate surface area is 119 Å². The Morgan fingerprint density at radius 3 is 2.80 bits per heavy atom. The number of hydrogen-bond acceptors (Lipinski definition) is 4. The van der Waals surface area contributed by atoms with Crippen LogP contribution in [0.15, 0.2) is 29.3 Å². The summed E-state index contributed by atoms with van der Waals surface area (Å²) in [5.41, 5.74) is 2.46. The Hall–Kier alpha value is -2.04. The van der Waals surface area contributed by atoms with Gasteiger partial charge in [0.2, 0.25) is 5.96 Å². The second kappa shape index (κ2) is 5.94. The molecule has 0 aliphatic carbocycles. The van der Waals surface area contributed by atoms with E-state index in [2.05, 4.69) is 29.4 Å². The van der Waals surface area contributed by atoms with Crippen molar-refractivity contribution in [2.24, 2.45) is 4.99 Å². The smallest absolute Gasteiger partial charge is 0.414 e. The van der Waals surface area contributed by atoms with Gasteiger partial charge in [-0.25, -0.2) is 4.79 Å². The molecule has 1 aliphatic rings. The SMILES string of the molecule is Cc1ccccc1C1CN=C(NC(=O)OC(C)C)N1C. The minimum absolute atomic E-state index is 0.144. The zero-order valence-corrected chi connectivity index (χ0v) is 12.4. The molecule has 1 aliphatic heterocycles. The normalized spacial score (nSPS) is 18.1. The maximum atomic E-state index is 11.6. The molecule has 1 unspecified atom stereocenters. The molecule has 108 valence electrons. The monoisotopic (exact) mass is 275 g/mol. The van der Waals surface area contributed by atoms with Gasteiger partial charge in [-0.1, -0.05) is 24.3 Å². The zero-order valence-electron chi connectivity index (χ0n) is 12.4. The number of aryl methyl sites for hydroxylation is 1. The highest BCUT2D eigenvalue weighted by atomic mass is 16.6. The van der Waals surface area contributed by atoms with Crippen LogP contribution in [0.2, 0.25) is 0 Å². The summed E-state index contributed by atoms with van der Waals surface area (Å²) in [4.78, 5) is 18.0. The van der Waals surface area contributed by atoms with E-state index in [1.54, 1.807) is 0 Å². The zero-order chi connectivity index (χ0) is 14.7. The van der Waals surface area contributed by atoms with E-state index in [-0.39, 0.29) is 12.1 Å². The van der Waals surface area contributed by atoms with Crippen LogP contribution in [-0.2, 0) is 4.74 Å². The number of ether oxygens (including phenoxy) is 1. The molecule has 0 saturated carbocycles. The van der Waals surface area contributed by atoms with Gasteiger partial charge in [0.05, 0.1) is 18.7 Å². The van der Waals surface area contributed by atoms with Crippen LogP contribution < -0.4 is 5.32 Å². The Balaban J connectivity index is 2.04. The molecule has 0 aromatic heterocycles. The summed E-state index contributed by atoms with van der Waals surface area (Å²) < 4.78 is 5.07. The second-order valence-electron chi connectivity index (χ2n) is 5.23. The Morgan fingerprint density at radius 2 is 2.15 bits per heavy atom. The first-order valence-corrected chi connectivity index (χ1v) is 6.79. The van der Waals surface area contributed by atoms with Crippen LogP contribution in [0.4, 0.5) is 4.79 Å². The number of aliphatic imine (C=N–C) groups is 1. The highest BCUT2D eigenvalue weighted by Gasteiger charge is 2.28. The lowest BCUT2D eigenvalue weighted by molar-refractivity contribution is 0.119. The third-order valence-electron chi connectivity index (χ3n) is 3.32. The van der Waals surface area contributed by atoms with Crippen LogP contribution in [0.5, 0.6) is 0 Å². The van der Waals surface area contributed by atoms with Gasteiger partial charge in [-0.2, -0.15) is 0 Å². The summed E-state index contributed by atoms with van der Waals surface area (Å²) in [6, 6.07) is 8.39. The molecule has 0 radical (unpaired) electrons. The fraction of sp³-hybridized carbons (Fsp3) is 0.467. The van der Waals surface area contributed by atoms with Crippen LogP contribution >= 0.6 is 0 Å². The van der Waals surface area contributed by atoms with E-state index in [9.17, 15) is 4.79 Å². The fourth-order valence-corrected chi connectivity index (χ4v) is 2.28. The summed E-state index contributed by atoms with van der Waals surface area (Å²) in [5, 5.41) is 2.69. The lowest BCUT2D eigenvalue weighted by atomic mass is 10.0. The summed E-state index contributed by atoms with van der Waals surface area (Å²) in [6.45, 7) is 6.35. The van der Waals surface area contributed by atoms with E-state index >= 15 is 0 Å². The summed E-state index contributed by atoms with van der Waals surface area (Å²) >= 11 is 0. The summed E-state index contributed by atoms with van der Waals surface area (Å²) in [7, 11) is 1.93. The number of nitrogens with one attached hydrogen (secondary N) is 1. The Bertz CT molecular complexity index is 526. The number of rotatable bonds is 2. The summed E-state index contributed by atoms with van der Waals surface area (Å²) in [5.74, 6) is 0.559. The van der Waals surface area contributed by atoms with Crippen LogP contribution in [-0.4, -0.2) is 36.6 Å². The van der Waals surface area contributed by atoms with Crippen molar-refractivity contribution < 1.29 is 9.53 Å². The minimum atomic E-state index is -0.462. The molecule has 2 rings (SSSR count). The molecule has 0 bridgehead atoms. The van der Waals surface area contributed by atoms with E-state index in [0.29, 0.717) is 12.5 Å². The van der Waals surface area contributed by atoms with Crippen molar-refractivity contribution >= 4 is 12.1 Å². The predicted molar refractivity (Wildman–Crippen MR) is 78.7 cm³/mol. The van der Waals surface area contributed by atoms with Gasteiger partial charge >= 0.3 is 6.09 Å². The average molecular weight is 275 g/mol. The predicted octanol–water partition coefficient (Wildman–Crippen LogP) is 2.47. The van der Waals surface area contributed by atoms with Crippen LogP contribution in [0, 0.1) is 6.92 Å². The van der Waals surface area contributed by atoms with Crippen molar-refractivity contribution in [2.45, 2.75) is 32.9 Å². The van der Waals surface area contributed by atoms with Gasteiger partial charge in [0, 0.05) is 7.05 Å². The molecule has 1 aromatic rings. The molecule has 0 fully saturated rings. The maximum Gasteiger partial charge on any atom is 0.414 e. The van der Waals surface area contributed by atoms with Crippen molar-refractivity contribution in [1.29, 1.82) is 0 Å². The Kier molecular flexibility index (Phi) is 4.27. The van der Waals surface area contributed by atoms with Gasteiger partial charge in [0.25, 0.3) is 0 Å². The number of nitrogens with zero attached hydrogens (tertiary/aromatic N) is 2. The van der Waals surface area contributed by atoms with E-state index in [1.807, 2.05) is 37.9 Å². The molecule has 1 atom stereocenters. The second-order valence-corrected chi connectivity index (χ2v) is 5.23. The highest BCUT2D eigenvalue weighted by Crippen LogP contribution is 2.26. The summed E-state index contributed by atoms with van der Waals surface area (Å²) in [6.07, 6.45) is -0.606. The largest absolute Gasteiger partial charge is 0.447 e. The van der Waals surface area contributed by atoms with E-state index in [0.717, 1.165) is 0 Å². The van der Waals surface area contributed by atoms with E-state index in [4.69, 9.17) is 4.74 Å².